The molecule has 0 radical (unpaired) electrons. The van der Waals surface area contributed by atoms with Crippen molar-refractivity contribution in [3.8, 4) is 0 Å². The number of benzene rings is 1. The summed E-state index contributed by atoms with van der Waals surface area (Å²) >= 11 is 6.15. The molecule has 0 unspecified atom stereocenters. The molecule has 1 aliphatic rings. The van der Waals surface area contributed by atoms with E-state index in [-0.39, 0.29) is 19.0 Å². The molecule has 1 saturated heterocycles. The minimum absolute atomic E-state index is 0.186. The summed E-state index contributed by atoms with van der Waals surface area (Å²) in [6.07, 6.45) is -0.478. The fourth-order valence-electron chi connectivity index (χ4n) is 3.54. The molecule has 1 aromatic carbocycles. The van der Waals surface area contributed by atoms with Crippen molar-refractivity contribution < 1.29 is 24.2 Å². The lowest BCUT2D eigenvalue weighted by Gasteiger charge is -2.31. The van der Waals surface area contributed by atoms with E-state index in [1.165, 1.54) is 4.90 Å². The lowest BCUT2D eigenvalue weighted by molar-refractivity contribution is -0.149. The van der Waals surface area contributed by atoms with E-state index in [4.69, 9.17) is 16.3 Å². The van der Waals surface area contributed by atoms with Crippen molar-refractivity contribution in [1.29, 1.82) is 0 Å². The van der Waals surface area contributed by atoms with Crippen LogP contribution in [0.5, 0.6) is 0 Å². The van der Waals surface area contributed by atoms with E-state index < -0.39 is 35.2 Å². The third kappa shape index (κ3) is 7.89. The Bertz CT molecular complexity index is 876. The number of hydrogen-bond donors (Lipinski definition) is 3. The van der Waals surface area contributed by atoms with Gasteiger partial charge in [0.25, 0.3) is 5.91 Å². The first-order valence-corrected chi connectivity index (χ1v) is 11.6. The van der Waals surface area contributed by atoms with E-state index >= 15 is 0 Å². The molecule has 0 aromatic heterocycles. The third-order valence-corrected chi connectivity index (χ3v) is 5.57. The van der Waals surface area contributed by atoms with Gasteiger partial charge >= 0.3 is 6.09 Å². The van der Waals surface area contributed by atoms with Crippen molar-refractivity contribution in [3.63, 3.8) is 0 Å². The van der Waals surface area contributed by atoms with Gasteiger partial charge in [-0.2, -0.15) is 0 Å². The number of ether oxygens (including phenoxy) is 1. The van der Waals surface area contributed by atoms with Crippen LogP contribution in [0.4, 0.5) is 4.79 Å². The molecule has 8 nitrogen and oxygen atoms in total. The van der Waals surface area contributed by atoms with Crippen molar-refractivity contribution in [1.82, 2.24) is 15.5 Å². The molecule has 1 fully saturated rings. The van der Waals surface area contributed by atoms with Crippen molar-refractivity contribution in [2.45, 2.75) is 85.2 Å². The highest BCUT2D eigenvalue weighted by Gasteiger charge is 2.40. The van der Waals surface area contributed by atoms with Crippen LogP contribution >= 0.6 is 11.6 Å². The fourth-order valence-corrected chi connectivity index (χ4v) is 3.74. The van der Waals surface area contributed by atoms with E-state index in [9.17, 15) is 19.5 Å². The summed E-state index contributed by atoms with van der Waals surface area (Å²) in [6, 6.07) is 4.60. The molecule has 1 aliphatic heterocycles. The molecule has 0 spiro atoms. The van der Waals surface area contributed by atoms with Crippen LogP contribution in [0.1, 0.15) is 65.5 Å². The number of nitrogens with one attached hydrogen (secondary N) is 2. The first kappa shape index (κ1) is 26.9. The molecule has 2 rings (SSSR count). The van der Waals surface area contributed by atoms with Gasteiger partial charge in [-0.25, -0.2) is 4.79 Å². The monoisotopic (exact) mass is 481 g/mol. The Morgan fingerprint density at radius 2 is 1.76 bits per heavy atom. The van der Waals surface area contributed by atoms with Crippen LogP contribution < -0.4 is 10.6 Å². The number of aliphatic hydroxyl groups is 1. The molecule has 1 aromatic rings. The highest BCUT2D eigenvalue weighted by Crippen LogP contribution is 2.26. The average molecular weight is 482 g/mol. The second-order valence-electron chi connectivity index (χ2n) is 10.4. The summed E-state index contributed by atoms with van der Waals surface area (Å²) in [7, 11) is 0. The number of aliphatic hydroxyl groups excluding tert-OH is 1. The summed E-state index contributed by atoms with van der Waals surface area (Å²) in [4.78, 5) is 39.1. The van der Waals surface area contributed by atoms with Gasteiger partial charge < -0.3 is 25.4 Å². The molecule has 9 heteroatoms. The lowest BCUT2D eigenvalue weighted by atomic mass is 9.88. The maximum atomic E-state index is 12.9. The van der Waals surface area contributed by atoms with Crippen LogP contribution in [0.2, 0.25) is 5.02 Å². The molecule has 3 N–H and O–H groups in total. The molecule has 0 saturated carbocycles. The normalized spacial score (nSPS) is 17.5. The van der Waals surface area contributed by atoms with E-state index in [0.717, 1.165) is 11.1 Å². The van der Waals surface area contributed by atoms with Crippen molar-refractivity contribution in [3.05, 3.63) is 34.3 Å². The zero-order chi connectivity index (χ0) is 25.0. The Morgan fingerprint density at radius 3 is 2.36 bits per heavy atom. The van der Waals surface area contributed by atoms with Gasteiger partial charge in [-0.15, -0.1) is 0 Å². The lowest BCUT2D eigenvalue weighted by Crippen LogP contribution is -2.51. The summed E-state index contributed by atoms with van der Waals surface area (Å²) in [5, 5.41) is 16.5. The van der Waals surface area contributed by atoms with E-state index in [1.807, 2.05) is 0 Å². The standard InChI is InChI=1S/C24H36ClN3O5/c1-23(2,3)19(29)21(31)28-11-7-8-18(28)20(30)26-14-16-12-17(25)10-9-15(16)13-27-22(32)33-24(4,5)6/h9-10,12,18-19,29H,7-8,11,13-14H2,1-6H3,(H,26,30)(H,27,32)/t18-,19-/m0/s1. The Kier molecular flexibility index (Phi) is 8.76. The van der Waals surface area contributed by atoms with Gasteiger partial charge in [0, 0.05) is 24.7 Å². The van der Waals surface area contributed by atoms with Gasteiger partial charge in [0.15, 0.2) is 0 Å². The number of nitrogens with zero attached hydrogens (tertiary/aromatic N) is 1. The predicted molar refractivity (Wildman–Crippen MR) is 127 cm³/mol. The first-order valence-electron chi connectivity index (χ1n) is 11.2. The largest absolute Gasteiger partial charge is 0.444 e. The molecule has 2 atom stereocenters. The van der Waals surface area contributed by atoms with E-state index in [0.29, 0.717) is 24.4 Å². The minimum Gasteiger partial charge on any atom is -0.444 e. The second-order valence-corrected chi connectivity index (χ2v) is 10.9. The number of carbonyl (C=O) groups excluding carboxylic acids is 3. The van der Waals surface area contributed by atoms with Crippen LogP contribution in [0.25, 0.3) is 0 Å². The smallest absolute Gasteiger partial charge is 0.407 e. The van der Waals surface area contributed by atoms with Gasteiger partial charge in [-0.3, -0.25) is 9.59 Å². The van der Waals surface area contributed by atoms with Gasteiger partial charge in [0.1, 0.15) is 17.7 Å². The average Bonchev–Trinajstić information content (AvgIpc) is 3.18. The summed E-state index contributed by atoms with van der Waals surface area (Å²) < 4.78 is 5.26. The third-order valence-electron chi connectivity index (χ3n) is 5.34. The van der Waals surface area contributed by atoms with E-state index in [2.05, 4.69) is 10.6 Å². The molecule has 1 heterocycles. The molecular formula is C24H36ClN3O5. The highest BCUT2D eigenvalue weighted by atomic mass is 35.5. The van der Waals surface area contributed by atoms with Crippen LogP contribution in [0.15, 0.2) is 18.2 Å². The van der Waals surface area contributed by atoms with Gasteiger partial charge in [0.2, 0.25) is 5.91 Å². The summed E-state index contributed by atoms with van der Waals surface area (Å²) in [5.41, 5.74) is 0.314. The summed E-state index contributed by atoms with van der Waals surface area (Å²) in [5.74, 6) is -0.710. The van der Waals surface area contributed by atoms with Crippen molar-refractivity contribution in [2.24, 2.45) is 5.41 Å². The van der Waals surface area contributed by atoms with Gasteiger partial charge in [0.05, 0.1) is 0 Å². The Labute approximate surface area is 201 Å². The van der Waals surface area contributed by atoms with Crippen LogP contribution in [-0.2, 0) is 27.4 Å². The Morgan fingerprint density at radius 1 is 1.12 bits per heavy atom. The summed E-state index contributed by atoms with van der Waals surface area (Å²) in [6.45, 7) is 11.5. The van der Waals surface area contributed by atoms with Gasteiger partial charge in [-0.1, -0.05) is 38.4 Å². The Balaban J connectivity index is 2.03. The number of rotatable bonds is 6. The molecule has 33 heavy (non-hydrogen) atoms. The second kappa shape index (κ2) is 10.7. The number of amides is 3. The first-order chi connectivity index (χ1) is 15.2. The Hall–Kier alpha value is -2.32. The molecule has 3 amide bonds. The fraction of sp³-hybridized carbons (Fsp3) is 0.625. The highest BCUT2D eigenvalue weighted by molar-refractivity contribution is 6.30. The predicted octanol–water partition coefficient (Wildman–Crippen LogP) is 3.38. The van der Waals surface area contributed by atoms with Crippen LogP contribution in [0.3, 0.4) is 0 Å². The quantitative estimate of drug-likeness (QED) is 0.577. The van der Waals surface area contributed by atoms with Crippen LogP contribution in [-0.4, -0.2) is 52.2 Å². The maximum absolute atomic E-state index is 12.9. The number of hydrogen-bond acceptors (Lipinski definition) is 5. The van der Waals surface area contributed by atoms with E-state index in [1.54, 1.807) is 59.7 Å². The molecular weight excluding hydrogens is 446 g/mol. The van der Waals surface area contributed by atoms with Crippen molar-refractivity contribution in [2.75, 3.05) is 6.54 Å². The zero-order valence-corrected chi connectivity index (χ0v) is 21.1. The maximum Gasteiger partial charge on any atom is 0.407 e. The SMILES string of the molecule is CC(C)(C)OC(=O)NCc1ccc(Cl)cc1CNC(=O)[C@@H]1CCCN1C(=O)[C@H](O)C(C)(C)C. The zero-order valence-electron chi connectivity index (χ0n) is 20.3. The molecule has 0 bridgehead atoms. The van der Waals surface area contributed by atoms with Gasteiger partial charge in [-0.05, 0) is 62.3 Å². The number of carbonyl (C=O) groups is 3. The number of alkyl carbamates (subject to hydrolysis) is 1. The molecule has 0 aliphatic carbocycles. The number of halogens is 1. The van der Waals surface area contributed by atoms with Crippen LogP contribution in [0, 0.1) is 5.41 Å². The van der Waals surface area contributed by atoms with Crippen molar-refractivity contribution >= 4 is 29.5 Å². The minimum atomic E-state index is -1.18. The molecule has 184 valence electrons. The topological polar surface area (TPSA) is 108 Å². The number of likely N-dealkylation sites (tertiary alicyclic amines) is 1.